The molecule has 0 N–H and O–H groups in total. The molecule has 3 aromatic carbocycles. The molecule has 0 unspecified atom stereocenters. The van der Waals surface area contributed by atoms with Crippen LogP contribution in [0.4, 0.5) is 10.1 Å². The number of rotatable bonds is 4. The zero-order valence-electron chi connectivity index (χ0n) is 15.3. The number of amidine groups is 1. The van der Waals surface area contributed by atoms with E-state index in [-0.39, 0.29) is 11.7 Å². The number of thioether (sulfide) groups is 1. The number of benzene rings is 3. The Bertz CT molecular complexity index is 1080. The molecule has 0 saturated heterocycles. The van der Waals surface area contributed by atoms with Gasteiger partial charge in [0.1, 0.15) is 11.5 Å². The number of hydrogen-bond acceptors (Lipinski definition) is 3. The Balaban J connectivity index is 1.65. The van der Waals surface area contributed by atoms with Crippen molar-refractivity contribution in [3.8, 4) is 0 Å². The van der Waals surface area contributed by atoms with E-state index in [0.29, 0.717) is 22.3 Å². The second kappa shape index (κ2) is 8.76. The van der Waals surface area contributed by atoms with Crippen LogP contribution in [0.5, 0.6) is 0 Å². The third-order valence-corrected chi connectivity index (χ3v) is 5.84. The van der Waals surface area contributed by atoms with E-state index in [1.165, 1.54) is 28.8 Å². The van der Waals surface area contributed by atoms with E-state index in [1.54, 1.807) is 18.2 Å². The normalized spacial score (nSPS) is 15.1. The molecule has 0 aliphatic carbocycles. The number of hydrogen-bond donors (Lipinski definition) is 0. The Morgan fingerprint density at radius 2 is 1.66 bits per heavy atom. The van der Waals surface area contributed by atoms with Crippen LogP contribution in [0, 0.1) is 5.82 Å². The van der Waals surface area contributed by atoms with Crippen LogP contribution in [-0.4, -0.2) is 11.1 Å². The van der Waals surface area contributed by atoms with Crippen molar-refractivity contribution in [3.05, 3.63) is 106 Å². The summed E-state index contributed by atoms with van der Waals surface area (Å²) in [5.74, 6) is 0.0932. The fourth-order valence-corrected chi connectivity index (χ4v) is 4.08. The SMILES string of the molecule is O=C1C(=Cc2ccccc2)N=C(SCc2ccc(Br)cc2)N1c1ccc(F)cc1. The average Bonchev–Trinajstić information content (AvgIpc) is 3.04. The lowest BCUT2D eigenvalue weighted by Gasteiger charge is -2.17. The summed E-state index contributed by atoms with van der Waals surface area (Å²) in [6, 6.07) is 23.5. The van der Waals surface area contributed by atoms with E-state index in [1.807, 2.05) is 54.6 Å². The maximum absolute atomic E-state index is 13.4. The van der Waals surface area contributed by atoms with Gasteiger partial charge in [-0.3, -0.25) is 9.69 Å². The zero-order valence-corrected chi connectivity index (χ0v) is 17.7. The summed E-state index contributed by atoms with van der Waals surface area (Å²) in [5, 5.41) is 0.576. The molecule has 6 heteroatoms. The van der Waals surface area contributed by atoms with Crippen LogP contribution < -0.4 is 4.90 Å². The third-order valence-electron chi connectivity index (χ3n) is 4.30. The van der Waals surface area contributed by atoms with Gasteiger partial charge in [-0.15, -0.1) is 0 Å². The summed E-state index contributed by atoms with van der Waals surface area (Å²) < 4.78 is 14.4. The van der Waals surface area contributed by atoms with E-state index >= 15 is 0 Å². The van der Waals surface area contributed by atoms with Crippen molar-refractivity contribution in [1.82, 2.24) is 0 Å². The first-order valence-electron chi connectivity index (χ1n) is 8.93. The van der Waals surface area contributed by atoms with Gasteiger partial charge in [0.05, 0.1) is 5.69 Å². The molecule has 0 fully saturated rings. The lowest BCUT2D eigenvalue weighted by atomic mass is 10.2. The maximum atomic E-state index is 13.4. The molecule has 1 aliphatic rings. The first-order valence-corrected chi connectivity index (χ1v) is 10.7. The summed E-state index contributed by atoms with van der Waals surface area (Å²) >= 11 is 4.91. The Hall–Kier alpha value is -2.70. The molecule has 4 rings (SSSR count). The number of carbonyl (C=O) groups excluding carboxylic acids is 1. The van der Waals surface area contributed by atoms with Crippen LogP contribution in [0.25, 0.3) is 6.08 Å². The molecule has 0 saturated carbocycles. The summed E-state index contributed by atoms with van der Waals surface area (Å²) in [7, 11) is 0. The van der Waals surface area contributed by atoms with Crippen molar-refractivity contribution in [2.75, 3.05) is 4.90 Å². The standard InChI is InChI=1S/C23H16BrFN2OS/c24-18-8-6-17(7-9-18)15-29-23-26-21(14-16-4-2-1-3-5-16)22(28)27(23)20-12-10-19(25)11-13-20/h1-14H,15H2. The van der Waals surface area contributed by atoms with Gasteiger partial charge < -0.3 is 0 Å². The van der Waals surface area contributed by atoms with E-state index in [9.17, 15) is 9.18 Å². The molecule has 1 heterocycles. The van der Waals surface area contributed by atoms with Gasteiger partial charge in [0.2, 0.25) is 0 Å². The van der Waals surface area contributed by atoms with Gasteiger partial charge in [-0.25, -0.2) is 9.38 Å². The summed E-state index contributed by atoms with van der Waals surface area (Å²) in [4.78, 5) is 19.2. The van der Waals surface area contributed by atoms with Crippen molar-refractivity contribution in [2.45, 2.75) is 5.75 Å². The summed E-state index contributed by atoms with van der Waals surface area (Å²) in [6.07, 6.45) is 1.77. The second-order valence-electron chi connectivity index (χ2n) is 6.37. The van der Waals surface area contributed by atoms with Gasteiger partial charge in [-0.2, -0.15) is 0 Å². The minimum atomic E-state index is -0.346. The first kappa shape index (κ1) is 19.6. The monoisotopic (exact) mass is 466 g/mol. The topological polar surface area (TPSA) is 32.7 Å². The third kappa shape index (κ3) is 4.66. The predicted octanol–water partition coefficient (Wildman–Crippen LogP) is 6.27. The highest BCUT2D eigenvalue weighted by Crippen LogP contribution is 2.31. The summed E-state index contributed by atoms with van der Waals surface area (Å²) in [5.41, 5.74) is 2.97. The Labute approximate surface area is 181 Å². The molecule has 1 aliphatic heterocycles. The van der Waals surface area contributed by atoms with Gasteiger partial charge in [0.15, 0.2) is 5.17 Å². The molecule has 0 atom stereocenters. The highest BCUT2D eigenvalue weighted by Gasteiger charge is 2.32. The molecule has 0 radical (unpaired) electrons. The first-order chi connectivity index (χ1) is 14.1. The van der Waals surface area contributed by atoms with E-state index < -0.39 is 0 Å². The van der Waals surface area contributed by atoms with Crippen molar-refractivity contribution < 1.29 is 9.18 Å². The highest BCUT2D eigenvalue weighted by molar-refractivity contribution is 9.10. The average molecular weight is 467 g/mol. The molecule has 144 valence electrons. The van der Waals surface area contributed by atoms with Crippen LogP contribution in [0.2, 0.25) is 0 Å². The van der Waals surface area contributed by atoms with Crippen LogP contribution in [0.3, 0.4) is 0 Å². The summed E-state index contributed by atoms with van der Waals surface area (Å²) in [6.45, 7) is 0. The molecular weight excluding hydrogens is 451 g/mol. The van der Waals surface area contributed by atoms with Crippen LogP contribution >= 0.6 is 27.7 Å². The fraction of sp³-hybridized carbons (Fsp3) is 0.0435. The van der Waals surface area contributed by atoms with Gasteiger partial charge >= 0.3 is 0 Å². The minimum absolute atomic E-state index is 0.223. The van der Waals surface area contributed by atoms with Crippen molar-refractivity contribution >= 4 is 50.5 Å². The number of carbonyl (C=O) groups is 1. The van der Waals surface area contributed by atoms with E-state index in [0.717, 1.165) is 15.6 Å². The number of amides is 1. The Kier molecular flexibility index (Phi) is 5.92. The van der Waals surface area contributed by atoms with Crippen molar-refractivity contribution in [3.63, 3.8) is 0 Å². The number of nitrogens with zero attached hydrogens (tertiary/aromatic N) is 2. The molecule has 3 aromatic rings. The molecule has 29 heavy (non-hydrogen) atoms. The van der Waals surface area contributed by atoms with Gasteiger partial charge in [-0.1, -0.05) is 70.2 Å². The predicted molar refractivity (Wildman–Crippen MR) is 121 cm³/mol. The van der Waals surface area contributed by atoms with Gasteiger partial charge in [0, 0.05) is 10.2 Å². The second-order valence-corrected chi connectivity index (χ2v) is 8.22. The minimum Gasteiger partial charge on any atom is -0.266 e. The van der Waals surface area contributed by atoms with Crippen LogP contribution in [0.1, 0.15) is 11.1 Å². The fourth-order valence-electron chi connectivity index (χ4n) is 2.85. The molecular formula is C23H16BrFN2OS. The molecule has 3 nitrogen and oxygen atoms in total. The number of aliphatic imine (C=N–C) groups is 1. The largest absolute Gasteiger partial charge is 0.283 e. The van der Waals surface area contributed by atoms with Gasteiger partial charge in [-0.05, 0) is 53.6 Å². The van der Waals surface area contributed by atoms with E-state index in [2.05, 4.69) is 20.9 Å². The van der Waals surface area contributed by atoms with Gasteiger partial charge in [0.25, 0.3) is 5.91 Å². The Morgan fingerprint density at radius 3 is 2.34 bits per heavy atom. The smallest absolute Gasteiger partial charge is 0.266 e. The van der Waals surface area contributed by atoms with Crippen LogP contribution in [0.15, 0.2) is 94.0 Å². The quantitative estimate of drug-likeness (QED) is 0.424. The van der Waals surface area contributed by atoms with Crippen LogP contribution in [-0.2, 0) is 10.5 Å². The maximum Gasteiger partial charge on any atom is 0.283 e. The Morgan fingerprint density at radius 1 is 0.966 bits per heavy atom. The zero-order chi connectivity index (χ0) is 20.2. The molecule has 0 bridgehead atoms. The number of halogens is 2. The van der Waals surface area contributed by atoms with Crippen molar-refractivity contribution in [1.29, 1.82) is 0 Å². The van der Waals surface area contributed by atoms with Crippen molar-refractivity contribution in [2.24, 2.45) is 4.99 Å². The lowest BCUT2D eigenvalue weighted by Crippen LogP contribution is -2.30. The highest BCUT2D eigenvalue weighted by atomic mass is 79.9. The molecule has 1 amide bonds. The number of anilines is 1. The molecule has 0 spiro atoms. The lowest BCUT2D eigenvalue weighted by molar-refractivity contribution is -0.113. The van der Waals surface area contributed by atoms with E-state index in [4.69, 9.17) is 0 Å². The molecule has 0 aromatic heterocycles.